The predicted molar refractivity (Wildman–Crippen MR) is 120 cm³/mol. The molecule has 0 aliphatic heterocycles. The van der Waals surface area contributed by atoms with Crippen LogP contribution in [0.4, 0.5) is 4.39 Å². The van der Waals surface area contributed by atoms with Crippen molar-refractivity contribution in [2.75, 3.05) is 6.54 Å². The van der Waals surface area contributed by atoms with Crippen LogP contribution in [0.25, 0.3) is 5.69 Å². The number of hydrogen-bond acceptors (Lipinski definition) is 5. The zero-order valence-electron chi connectivity index (χ0n) is 18.6. The number of carbonyl (C=O) groups excluding carboxylic acids is 2. The number of benzene rings is 2. The van der Waals surface area contributed by atoms with Crippen LogP contribution in [0, 0.1) is 18.2 Å². The fourth-order valence-electron chi connectivity index (χ4n) is 2.92. The van der Waals surface area contributed by atoms with Crippen LogP contribution >= 0.6 is 0 Å². The summed E-state index contributed by atoms with van der Waals surface area (Å²) < 4.78 is 20.7. The van der Waals surface area contributed by atoms with Crippen LogP contribution in [0.15, 0.2) is 48.5 Å². The maximum Gasteiger partial charge on any atom is 0.275 e. The van der Waals surface area contributed by atoms with E-state index in [4.69, 9.17) is 11.2 Å². The number of amides is 2. The van der Waals surface area contributed by atoms with Gasteiger partial charge in [-0.2, -0.15) is 0 Å². The second kappa shape index (κ2) is 9.96. The molecular formula is C24H24FN5O3. The monoisotopic (exact) mass is 449 g/mol. The maximum absolute atomic E-state index is 13.5. The van der Waals surface area contributed by atoms with Gasteiger partial charge in [0, 0.05) is 18.2 Å². The van der Waals surface area contributed by atoms with Crippen molar-refractivity contribution in [1.82, 2.24) is 25.6 Å². The lowest BCUT2D eigenvalue weighted by Gasteiger charge is -2.19. The number of carbonyl (C=O) groups is 2. The normalized spacial score (nSPS) is 10.9. The van der Waals surface area contributed by atoms with Crippen LogP contribution in [-0.4, -0.2) is 38.9 Å². The summed E-state index contributed by atoms with van der Waals surface area (Å²) in [4.78, 5) is 24.9. The van der Waals surface area contributed by atoms with Crippen LogP contribution in [0.2, 0.25) is 0 Å². The van der Waals surface area contributed by atoms with Gasteiger partial charge in [-0.05, 0) is 57.2 Å². The number of nitrogens with zero attached hydrogens (tertiary/aromatic N) is 3. The van der Waals surface area contributed by atoms with Crippen molar-refractivity contribution < 1.29 is 18.7 Å². The van der Waals surface area contributed by atoms with Gasteiger partial charge < -0.3 is 15.4 Å². The molecule has 0 spiro atoms. The van der Waals surface area contributed by atoms with E-state index in [1.165, 1.54) is 22.9 Å². The molecule has 2 aromatic carbocycles. The third-order valence-electron chi connectivity index (χ3n) is 4.65. The molecule has 0 bridgehead atoms. The fourth-order valence-corrected chi connectivity index (χ4v) is 2.92. The number of rotatable bonds is 8. The third-order valence-corrected chi connectivity index (χ3v) is 4.65. The molecule has 1 heterocycles. The number of terminal acetylenes is 1. The smallest absolute Gasteiger partial charge is 0.275 e. The summed E-state index contributed by atoms with van der Waals surface area (Å²) in [5.41, 5.74) is 0.476. The molecule has 1 aromatic heterocycles. The highest BCUT2D eigenvalue weighted by Crippen LogP contribution is 2.19. The van der Waals surface area contributed by atoms with Gasteiger partial charge in [0.05, 0.1) is 11.2 Å². The predicted octanol–water partition coefficient (Wildman–Crippen LogP) is 2.88. The Labute approximate surface area is 191 Å². The van der Waals surface area contributed by atoms with Crippen LogP contribution in [0.3, 0.4) is 0 Å². The van der Waals surface area contributed by atoms with E-state index in [0.717, 1.165) is 0 Å². The van der Waals surface area contributed by atoms with E-state index in [-0.39, 0.29) is 24.0 Å². The molecule has 0 aliphatic carbocycles. The summed E-state index contributed by atoms with van der Waals surface area (Å²) in [6.07, 6.45) is 5.48. The summed E-state index contributed by atoms with van der Waals surface area (Å²) in [5.74, 6) is 1.60. The minimum atomic E-state index is -0.907. The fraction of sp³-hybridized carbons (Fsp3) is 0.250. The molecule has 0 atom stereocenters. The van der Waals surface area contributed by atoms with Gasteiger partial charge in [0.1, 0.15) is 23.9 Å². The minimum absolute atomic E-state index is 0.0162. The lowest BCUT2D eigenvalue weighted by molar-refractivity contribution is 0.0920. The first kappa shape index (κ1) is 23.5. The van der Waals surface area contributed by atoms with Crippen molar-refractivity contribution in [3.63, 3.8) is 0 Å². The van der Waals surface area contributed by atoms with E-state index >= 15 is 0 Å². The first-order valence-electron chi connectivity index (χ1n) is 10.3. The Hall–Kier alpha value is -4.19. The highest BCUT2D eigenvalue weighted by Gasteiger charge is 2.26. The Morgan fingerprint density at radius 2 is 1.91 bits per heavy atom. The van der Waals surface area contributed by atoms with E-state index in [1.807, 2.05) is 6.92 Å². The molecule has 9 heteroatoms. The molecule has 0 unspecified atom stereocenters. The maximum atomic E-state index is 13.5. The Morgan fingerprint density at radius 3 is 2.55 bits per heavy atom. The van der Waals surface area contributed by atoms with Crippen LogP contribution < -0.4 is 15.4 Å². The van der Waals surface area contributed by atoms with Gasteiger partial charge >= 0.3 is 0 Å². The Balaban J connectivity index is 1.95. The first-order valence-corrected chi connectivity index (χ1v) is 10.3. The molecule has 8 nitrogen and oxygen atoms in total. The second-order valence-electron chi connectivity index (χ2n) is 7.67. The number of aromatic nitrogens is 3. The average Bonchev–Trinajstić information content (AvgIpc) is 3.22. The third kappa shape index (κ3) is 5.74. The van der Waals surface area contributed by atoms with Crippen molar-refractivity contribution in [1.29, 1.82) is 0 Å². The lowest BCUT2D eigenvalue weighted by atomic mass is 10.1. The lowest BCUT2D eigenvalue weighted by Crippen LogP contribution is -2.42. The number of hydrogen-bond donors (Lipinski definition) is 2. The molecule has 2 N–H and O–H groups in total. The highest BCUT2D eigenvalue weighted by molar-refractivity contribution is 5.95. The van der Waals surface area contributed by atoms with Gasteiger partial charge in [-0.25, -0.2) is 9.07 Å². The van der Waals surface area contributed by atoms with Gasteiger partial charge in [-0.3, -0.25) is 9.59 Å². The second-order valence-corrected chi connectivity index (χ2v) is 7.67. The number of ether oxygens (including phenoxy) is 1. The molecule has 170 valence electrons. The molecule has 0 saturated carbocycles. The first-order chi connectivity index (χ1) is 15.7. The molecule has 2 amide bonds. The van der Waals surface area contributed by atoms with E-state index in [2.05, 4.69) is 26.9 Å². The van der Waals surface area contributed by atoms with E-state index in [0.29, 0.717) is 23.5 Å². The van der Waals surface area contributed by atoms with E-state index < -0.39 is 17.3 Å². The molecule has 3 rings (SSSR count). The molecular weight excluding hydrogens is 425 g/mol. The topological polar surface area (TPSA) is 98.1 Å². The highest BCUT2D eigenvalue weighted by atomic mass is 19.1. The average molecular weight is 449 g/mol. The zero-order valence-corrected chi connectivity index (χ0v) is 18.6. The summed E-state index contributed by atoms with van der Waals surface area (Å²) >= 11 is 0. The Bertz CT molecular complexity index is 1200. The summed E-state index contributed by atoms with van der Waals surface area (Å²) in [6, 6.07) is 12.3. The van der Waals surface area contributed by atoms with Gasteiger partial charge in [-0.15, -0.1) is 11.5 Å². The van der Waals surface area contributed by atoms with Crippen molar-refractivity contribution in [3.05, 3.63) is 71.3 Å². The molecule has 3 aromatic rings. The SMILES string of the molecule is C#CC(C)(C)NC(=O)c1nnn(-c2ccc(C(=O)NCC)cc2)c1COc1cccc(F)c1. The van der Waals surface area contributed by atoms with Crippen LogP contribution in [0.1, 0.15) is 47.3 Å². The van der Waals surface area contributed by atoms with Crippen molar-refractivity contribution in [2.24, 2.45) is 0 Å². The van der Waals surface area contributed by atoms with Crippen LogP contribution in [-0.2, 0) is 6.61 Å². The van der Waals surface area contributed by atoms with Crippen molar-refractivity contribution in [2.45, 2.75) is 32.9 Å². The number of nitrogens with one attached hydrogen (secondary N) is 2. The largest absolute Gasteiger partial charge is 0.487 e. The van der Waals surface area contributed by atoms with E-state index in [1.54, 1.807) is 44.2 Å². The zero-order chi connectivity index (χ0) is 24.0. The van der Waals surface area contributed by atoms with Crippen LogP contribution in [0.5, 0.6) is 5.75 Å². The quantitative estimate of drug-likeness (QED) is 0.516. The molecule has 0 radical (unpaired) electrons. The Morgan fingerprint density at radius 1 is 1.18 bits per heavy atom. The number of halogens is 1. The van der Waals surface area contributed by atoms with E-state index in [9.17, 15) is 14.0 Å². The standard InChI is InChI=1S/C24H24FN5O3/c1-5-24(3,4)27-23(32)21-20(15-33-19-9-7-8-17(25)14-19)30(29-28-21)18-12-10-16(11-13-18)22(31)26-6-2/h1,7-14H,6,15H2,2-4H3,(H,26,31)(H,27,32). The van der Waals surface area contributed by atoms with Gasteiger partial charge in [0.2, 0.25) is 0 Å². The molecule has 33 heavy (non-hydrogen) atoms. The van der Waals surface area contributed by atoms with Crippen molar-refractivity contribution >= 4 is 11.8 Å². The summed E-state index contributed by atoms with van der Waals surface area (Å²) in [7, 11) is 0. The molecule has 0 saturated heterocycles. The summed E-state index contributed by atoms with van der Waals surface area (Å²) in [6.45, 7) is 5.59. The van der Waals surface area contributed by atoms with Gasteiger partial charge in [0.25, 0.3) is 11.8 Å². The minimum Gasteiger partial charge on any atom is -0.487 e. The Kier molecular flexibility index (Phi) is 7.08. The van der Waals surface area contributed by atoms with Gasteiger partial charge in [-0.1, -0.05) is 17.2 Å². The van der Waals surface area contributed by atoms with Gasteiger partial charge in [0.15, 0.2) is 5.69 Å². The molecule has 0 aliphatic rings. The van der Waals surface area contributed by atoms with Crippen molar-refractivity contribution in [3.8, 4) is 23.8 Å². The summed E-state index contributed by atoms with van der Waals surface area (Å²) in [5, 5.41) is 13.6. The molecule has 0 fully saturated rings.